The van der Waals surface area contributed by atoms with Crippen LogP contribution in [0.5, 0.6) is 0 Å². The van der Waals surface area contributed by atoms with Gasteiger partial charge in [-0.1, -0.05) is 0 Å². The number of nitriles is 1. The molecule has 0 aliphatic rings. The Morgan fingerprint density at radius 3 is 3.23 bits per heavy atom. The van der Waals surface area contributed by atoms with Gasteiger partial charge in [0.05, 0.1) is 11.8 Å². The summed E-state index contributed by atoms with van der Waals surface area (Å²) < 4.78 is 1.71. The van der Waals surface area contributed by atoms with Gasteiger partial charge in [-0.2, -0.15) is 10.4 Å². The van der Waals surface area contributed by atoms with Gasteiger partial charge in [0.15, 0.2) is 5.65 Å². The maximum atomic E-state index is 8.40. The van der Waals surface area contributed by atoms with E-state index in [1.807, 2.05) is 18.3 Å². The quantitative estimate of drug-likeness (QED) is 0.683. The van der Waals surface area contributed by atoms with Crippen LogP contribution in [0.2, 0.25) is 0 Å². The second kappa shape index (κ2) is 3.23. The second-order valence-corrected chi connectivity index (χ2v) is 2.72. The molecule has 0 N–H and O–H groups in total. The molecule has 0 amide bonds. The Hall–Kier alpha value is -1.89. The number of nitrogens with zero attached hydrogens (tertiary/aromatic N) is 4. The number of rotatable bonds is 2. The van der Waals surface area contributed by atoms with E-state index in [1.54, 1.807) is 10.7 Å². The van der Waals surface area contributed by atoms with Gasteiger partial charge in [0.1, 0.15) is 0 Å². The molecule has 0 saturated heterocycles. The van der Waals surface area contributed by atoms with Crippen molar-refractivity contribution in [2.75, 3.05) is 0 Å². The summed E-state index contributed by atoms with van der Waals surface area (Å²) in [7, 11) is 0. The molecule has 0 saturated carbocycles. The van der Waals surface area contributed by atoms with Crippen molar-refractivity contribution in [1.82, 2.24) is 14.6 Å². The van der Waals surface area contributed by atoms with Crippen molar-refractivity contribution >= 4 is 5.65 Å². The highest BCUT2D eigenvalue weighted by Gasteiger charge is 2.00. The number of hydrogen-bond donors (Lipinski definition) is 0. The second-order valence-electron chi connectivity index (χ2n) is 2.72. The van der Waals surface area contributed by atoms with E-state index in [2.05, 4.69) is 16.2 Å². The fraction of sp³-hybridized carbons (Fsp3) is 0.222. The maximum Gasteiger partial charge on any atom is 0.155 e. The third kappa shape index (κ3) is 1.49. The van der Waals surface area contributed by atoms with Crippen LogP contribution in [0.1, 0.15) is 12.1 Å². The first-order valence-electron chi connectivity index (χ1n) is 4.06. The van der Waals surface area contributed by atoms with Crippen LogP contribution in [0, 0.1) is 11.3 Å². The monoisotopic (exact) mass is 172 g/mol. The van der Waals surface area contributed by atoms with Gasteiger partial charge in [-0.3, -0.25) is 0 Å². The molecule has 0 aliphatic carbocycles. The third-order valence-corrected chi connectivity index (χ3v) is 1.78. The summed E-state index contributed by atoms with van der Waals surface area (Å²) in [4.78, 5) is 4.13. The molecule has 2 aromatic heterocycles. The average Bonchev–Trinajstić information content (AvgIpc) is 2.57. The Balaban J connectivity index is 2.34. The van der Waals surface area contributed by atoms with Gasteiger partial charge in [-0.25, -0.2) is 9.50 Å². The fourth-order valence-corrected chi connectivity index (χ4v) is 1.19. The van der Waals surface area contributed by atoms with E-state index < -0.39 is 0 Å². The summed E-state index contributed by atoms with van der Waals surface area (Å²) in [5, 5.41) is 12.7. The Morgan fingerprint density at radius 1 is 1.54 bits per heavy atom. The first kappa shape index (κ1) is 7.74. The lowest BCUT2D eigenvalue weighted by molar-refractivity contribution is 0.864. The van der Waals surface area contributed by atoms with Crippen LogP contribution >= 0.6 is 0 Å². The lowest BCUT2D eigenvalue weighted by atomic mass is 10.2. The first-order chi connectivity index (χ1) is 6.40. The molecular weight excluding hydrogens is 164 g/mol. The van der Waals surface area contributed by atoms with Gasteiger partial charge in [-0.05, 0) is 6.07 Å². The van der Waals surface area contributed by atoms with Gasteiger partial charge in [-0.15, -0.1) is 0 Å². The van der Waals surface area contributed by atoms with Gasteiger partial charge in [0, 0.05) is 31.3 Å². The van der Waals surface area contributed by atoms with Crippen LogP contribution in [0.25, 0.3) is 5.65 Å². The number of aryl methyl sites for hydroxylation is 1. The highest BCUT2D eigenvalue weighted by atomic mass is 15.2. The molecule has 0 fully saturated rings. The minimum absolute atomic E-state index is 0.504. The normalized spacial score (nSPS) is 10.1. The highest BCUT2D eigenvalue weighted by Crippen LogP contribution is 2.04. The molecule has 0 spiro atoms. The standard InChI is InChI=1S/C9H8N4/c10-4-1-3-8-7-9-11-5-2-6-13(9)12-8/h2,5-7H,1,3H2. The minimum atomic E-state index is 0.504. The van der Waals surface area contributed by atoms with E-state index in [-0.39, 0.29) is 0 Å². The molecule has 13 heavy (non-hydrogen) atoms. The molecule has 0 unspecified atom stereocenters. The SMILES string of the molecule is N#CCCc1cc2ncccn2n1. The summed E-state index contributed by atoms with van der Waals surface area (Å²) in [5.41, 5.74) is 1.75. The van der Waals surface area contributed by atoms with Crippen LogP contribution < -0.4 is 0 Å². The summed E-state index contributed by atoms with van der Waals surface area (Å²) in [6.07, 6.45) is 4.77. The molecule has 2 heterocycles. The Morgan fingerprint density at radius 2 is 2.46 bits per heavy atom. The van der Waals surface area contributed by atoms with E-state index in [0.717, 1.165) is 11.3 Å². The lowest BCUT2D eigenvalue weighted by Crippen LogP contribution is -1.88. The van der Waals surface area contributed by atoms with Crippen molar-refractivity contribution in [2.24, 2.45) is 0 Å². The highest BCUT2D eigenvalue weighted by molar-refractivity contribution is 5.38. The molecule has 2 aromatic rings. The predicted molar refractivity (Wildman–Crippen MR) is 46.9 cm³/mol. The van der Waals surface area contributed by atoms with Gasteiger partial charge in [0.2, 0.25) is 0 Å². The zero-order valence-corrected chi connectivity index (χ0v) is 7.01. The third-order valence-electron chi connectivity index (χ3n) is 1.78. The molecule has 0 aromatic carbocycles. The largest absolute Gasteiger partial charge is 0.237 e. The Kier molecular flexibility index (Phi) is 1.93. The van der Waals surface area contributed by atoms with Crippen molar-refractivity contribution in [3.05, 3.63) is 30.2 Å². The number of aromatic nitrogens is 3. The molecule has 0 aliphatic heterocycles. The van der Waals surface area contributed by atoms with E-state index in [9.17, 15) is 0 Å². The molecule has 0 radical (unpaired) electrons. The Labute approximate surface area is 75.4 Å². The van der Waals surface area contributed by atoms with E-state index in [1.165, 1.54) is 0 Å². The van der Waals surface area contributed by atoms with Gasteiger partial charge < -0.3 is 0 Å². The van der Waals surface area contributed by atoms with Crippen molar-refractivity contribution in [2.45, 2.75) is 12.8 Å². The van der Waals surface area contributed by atoms with Crippen molar-refractivity contribution in [3.63, 3.8) is 0 Å². The molecular formula is C9H8N4. The zero-order chi connectivity index (χ0) is 9.10. The van der Waals surface area contributed by atoms with Crippen LogP contribution in [0.3, 0.4) is 0 Å². The van der Waals surface area contributed by atoms with Gasteiger partial charge >= 0.3 is 0 Å². The van der Waals surface area contributed by atoms with Crippen molar-refractivity contribution < 1.29 is 0 Å². The molecule has 0 bridgehead atoms. The molecule has 0 atom stereocenters. The topological polar surface area (TPSA) is 54.0 Å². The Bertz CT molecular complexity index is 419. The first-order valence-corrected chi connectivity index (χ1v) is 4.06. The fourth-order valence-electron chi connectivity index (χ4n) is 1.19. The summed E-state index contributed by atoms with van der Waals surface area (Å²) in [6.45, 7) is 0. The van der Waals surface area contributed by atoms with E-state index in [0.29, 0.717) is 12.8 Å². The summed E-state index contributed by atoms with van der Waals surface area (Å²) >= 11 is 0. The van der Waals surface area contributed by atoms with Crippen LogP contribution in [0.15, 0.2) is 24.5 Å². The predicted octanol–water partition coefficient (Wildman–Crippen LogP) is 1.19. The average molecular weight is 172 g/mol. The molecule has 64 valence electrons. The number of fused-ring (bicyclic) bond motifs is 1. The maximum absolute atomic E-state index is 8.40. The van der Waals surface area contributed by atoms with E-state index >= 15 is 0 Å². The minimum Gasteiger partial charge on any atom is -0.237 e. The molecule has 4 nitrogen and oxygen atoms in total. The lowest BCUT2D eigenvalue weighted by Gasteiger charge is -1.87. The summed E-state index contributed by atoms with van der Waals surface area (Å²) in [5.74, 6) is 0. The van der Waals surface area contributed by atoms with Gasteiger partial charge in [0.25, 0.3) is 0 Å². The molecule has 2 rings (SSSR count). The smallest absolute Gasteiger partial charge is 0.155 e. The zero-order valence-electron chi connectivity index (χ0n) is 7.01. The summed E-state index contributed by atoms with van der Waals surface area (Å²) in [6, 6.07) is 5.82. The van der Waals surface area contributed by atoms with E-state index in [4.69, 9.17) is 5.26 Å². The van der Waals surface area contributed by atoms with Crippen LogP contribution in [-0.2, 0) is 6.42 Å². The molecule has 4 heteroatoms. The van der Waals surface area contributed by atoms with Crippen molar-refractivity contribution in [1.29, 1.82) is 5.26 Å². The number of hydrogen-bond acceptors (Lipinski definition) is 3. The van der Waals surface area contributed by atoms with Crippen LogP contribution in [-0.4, -0.2) is 14.6 Å². The van der Waals surface area contributed by atoms with Crippen molar-refractivity contribution in [3.8, 4) is 6.07 Å². The van der Waals surface area contributed by atoms with Crippen LogP contribution in [0.4, 0.5) is 0 Å².